The van der Waals surface area contributed by atoms with E-state index in [-0.39, 0.29) is 24.3 Å². The van der Waals surface area contributed by atoms with Crippen LogP contribution in [-0.4, -0.2) is 42.6 Å². The average molecular weight is 385 g/mol. The predicted octanol–water partition coefficient (Wildman–Crippen LogP) is 1.06. The van der Waals surface area contributed by atoms with E-state index >= 15 is 0 Å². The molecule has 0 radical (unpaired) electrons. The largest absolute Gasteiger partial charge is 0.496 e. The van der Waals surface area contributed by atoms with Gasteiger partial charge in [0.25, 0.3) is 5.91 Å². The van der Waals surface area contributed by atoms with Crippen LogP contribution in [0.5, 0.6) is 5.75 Å². The van der Waals surface area contributed by atoms with Gasteiger partial charge in [0.1, 0.15) is 5.75 Å². The molecular weight excluding hydrogens is 362 g/mol. The number of ether oxygens (including phenoxy) is 1. The lowest BCUT2D eigenvalue weighted by atomic mass is 10.1. The first-order chi connectivity index (χ1) is 13.4. The molecule has 28 heavy (non-hydrogen) atoms. The molecule has 0 spiro atoms. The van der Waals surface area contributed by atoms with Gasteiger partial charge in [0, 0.05) is 18.7 Å². The second kappa shape index (κ2) is 10.1. The van der Waals surface area contributed by atoms with E-state index in [9.17, 15) is 19.5 Å². The summed E-state index contributed by atoms with van der Waals surface area (Å²) in [6.07, 6.45) is -0.773. The Bertz CT molecular complexity index is 851. The van der Waals surface area contributed by atoms with Crippen LogP contribution in [0.3, 0.4) is 0 Å². The molecule has 2 aromatic rings. The Morgan fingerprint density at radius 2 is 1.68 bits per heavy atom. The van der Waals surface area contributed by atoms with Crippen molar-refractivity contribution in [2.24, 2.45) is 0 Å². The normalized spacial score (nSPS) is 11.2. The number of para-hydroxylation sites is 2. The predicted molar refractivity (Wildman–Crippen MR) is 104 cm³/mol. The summed E-state index contributed by atoms with van der Waals surface area (Å²) in [5.41, 5.74) is 1.23. The molecule has 0 fully saturated rings. The third-order valence-electron chi connectivity index (χ3n) is 3.82. The van der Waals surface area contributed by atoms with E-state index in [0.29, 0.717) is 5.75 Å². The molecule has 0 aliphatic rings. The topological polar surface area (TPSA) is 117 Å². The molecule has 4 N–H and O–H groups in total. The molecular formula is C20H23N3O5. The monoisotopic (exact) mass is 385 g/mol. The lowest BCUT2D eigenvalue weighted by Gasteiger charge is -2.13. The number of anilines is 1. The number of carbonyl (C=O) groups is 3. The number of aliphatic hydroxyl groups excluding tert-OH is 1. The fourth-order valence-corrected chi connectivity index (χ4v) is 2.41. The lowest BCUT2D eigenvalue weighted by Crippen LogP contribution is -2.39. The molecule has 148 valence electrons. The summed E-state index contributed by atoms with van der Waals surface area (Å²) in [4.78, 5) is 36.3. The van der Waals surface area contributed by atoms with E-state index in [1.54, 1.807) is 31.4 Å². The molecule has 0 aliphatic heterocycles. The van der Waals surface area contributed by atoms with Gasteiger partial charge in [0.15, 0.2) is 0 Å². The van der Waals surface area contributed by atoms with Crippen LogP contribution in [0, 0.1) is 0 Å². The highest BCUT2D eigenvalue weighted by atomic mass is 16.5. The molecule has 0 saturated heterocycles. The fraction of sp³-hybridized carbons (Fsp3) is 0.250. The highest BCUT2D eigenvalue weighted by molar-refractivity contribution is 6.40. The molecule has 3 amide bonds. The van der Waals surface area contributed by atoms with Crippen molar-refractivity contribution >= 4 is 23.4 Å². The van der Waals surface area contributed by atoms with Crippen molar-refractivity contribution in [2.75, 3.05) is 19.0 Å². The number of carbonyl (C=O) groups excluding carboxylic acids is 3. The van der Waals surface area contributed by atoms with Crippen LogP contribution in [0.15, 0.2) is 48.5 Å². The number of amides is 3. The van der Waals surface area contributed by atoms with Crippen molar-refractivity contribution in [2.45, 2.75) is 19.6 Å². The molecule has 8 heteroatoms. The van der Waals surface area contributed by atoms with Crippen molar-refractivity contribution < 1.29 is 24.2 Å². The van der Waals surface area contributed by atoms with Crippen molar-refractivity contribution in [3.8, 4) is 5.75 Å². The van der Waals surface area contributed by atoms with E-state index in [1.165, 1.54) is 13.0 Å². The lowest BCUT2D eigenvalue weighted by molar-refractivity contribution is -0.136. The van der Waals surface area contributed by atoms with Crippen molar-refractivity contribution in [3.05, 3.63) is 59.7 Å². The molecule has 2 rings (SSSR count). The first-order valence-corrected chi connectivity index (χ1v) is 8.68. The Morgan fingerprint density at radius 1 is 1.00 bits per heavy atom. The van der Waals surface area contributed by atoms with Crippen molar-refractivity contribution in [3.63, 3.8) is 0 Å². The fourth-order valence-electron chi connectivity index (χ4n) is 2.41. The zero-order chi connectivity index (χ0) is 20.5. The molecule has 2 aromatic carbocycles. The van der Waals surface area contributed by atoms with Crippen LogP contribution >= 0.6 is 0 Å². The summed E-state index contributed by atoms with van der Waals surface area (Å²) in [6, 6.07) is 13.7. The van der Waals surface area contributed by atoms with Crippen LogP contribution in [0.1, 0.15) is 22.8 Å². The standard InChI is InChI=1S/C20H23N3O5/c1-13(24)11-21-19(26)20(27)23-16-9-5-4-8-15(16)18(25)22-12-14-7-3-6-10-17(14)28-2/h3-10,13,24H,11-12H2,1-2H3,(H,21,26)(H,22,25)(H,23,27)/t13-/m0/s1. The SMILES string of the molecule is COc1ccccc1CNC(=O)c1ccccc1NC(=O)C(=O)NC[C@H](C)O. The van der Waals surface area contributed by atoms with Gasteiger partial charge in [-0.2, -0.15) is 0 Å². The van der Waals surface area contributed by atoms with Gasteiger partial charge in [0.05, 0.1) is 24.5 Å². The molecule has 8 nitrogen and oxygen atoms in total. The van der Waals surface area contributed by atoms with Crippen LogP contribution in [0.25, 0.3) is 0 Å². The number of hydrogen-bond donors (Lipinski definition) is 4. The summed E-state index contributed by atoms with van der Waals surface area (Å²) >= 11 is 0. The van der Waals surface area contributed by atoms with E-state index in [0.717, 1.165) is 5.56 Å². The molecule has 0 saturated carbocycles. The summed E-state index contributed by atoms with van der Waals surface area (Å²) < 4.78 is 5.26. The van der Waals surface area contributed by atoms with Crippen LogP contribution in [0.2, 0.25) is 0 Å². The number of benzene rings is 2. The van der Waals surface area contributed by atoms with Crippen LogP contribution in [0.4, 0.5) is 5.69 Å². The molecule has 0 bridgehead atoms. The number of methoxy groups -OCH3 is 1. The van der Waals surface area contributed by atoms with Gasteiger partial charge in [-0.25, -0.2) is 0 Å². The minimum atomic E-state index is -0.925. The molecule has 0 unspecified atom stereocenters. The summed E-state index contributed by atoms with van der Waals surface area (Å²) in [7, 11) is 1.55. The van der Waals surface area contributed by atoms with Gasteiger partial charge in [-0.15, -0.1) is 0 Å². The Hall–Kier alpha value is -3.39. The van der Waals surface area contributed by atoms with E-state index in [1.807, 2.05) is 18.2 Å². The summed E-state index contributed by atoms with van der Waals surface area (Å²) in [6.45, 7) is 1.67. The van der Waals surface area contributed by atoms with E-state index in [2.05, 4.69) is 16.0 Å². The number of rotatable bonds is 7. The van der Waals surface area contributed by atoms with Crippen molar-refractivity contribution in [1.29, 1.82) is 0 Å². The number of hydrogen-bond acceptors (Lipinski definition) is 5. The highest BCUT2D eigenvalue weighted by Gasteiger charge is 2.18. The number of nitrogens with one attached hydrogen (secondary N) is 3. The maximum absolute atomic E-state index is 12.6. The zero-order valence-electron chi connectivity index (χ0n) is 15.7. The Morgan fingerprint density at radius 3 is 2.39 bits per heavy atom. The van der Waals surface area contributed by atoms with Gasteiger partial charge in [-0.05, 0) is 25.1 Å². The minimum Gasteiger partial charge on any atom is -0.496 e. The van der Waals surface area contributed by atoms with E-state index < -0.39 is 23.8 Å². The number of aliphatic hydroxyl groups is 1. The first-order valence-electron chi connectivity index (χ1n) is 8.68. The summed E-state index contributed by atoms with van der Waals surface area (Å²) in [5.74, 6) is -1.58. The van der Waals surface area contributed by atoms with Gasteiger partial charge in [-0.3, -0.25) is 14.4 Å². The van der Waals surface area contributed by atoms with Crippen molar-refractivity contribution in [1.82, 2.24) is 10.6 Å². The molecule has 0 aromatic heterocycles. The van der Waals surface area contributed by atoms with Gasteiger partial charge in [-0.1, -0.05) is 30.3 Å². The average Bonchev–Trinajstić information content (AvgIpc) is 2.70. The van der Waals surface area contributed by atoms with Crippen LogP contribution in [-0.2, 0) is 16.1 Å². The Labute approximate surface area is 162 Å². The zero-order valence-corrected chi connectivity index (χ0v) is 15.7. The van der Waals surface area contributed by atoms with Gasteiger partial charge >= 0.3 is 11.8 Å². The second-order valence-electron chi connectivity index (χ2n) is 6.05. The third-order valence-corrected chi connectivity index (χ3v) is 3.82. The Kier molecular flexibility index (Phi) is 7.53. The quantitative estimate of drug-likeness (QED) is 0.532. The highest BCUT2D eigenvalue weighted by Crippen LogP contribution is 2.18. The first kappa shape index (κ1) is 20.9. The van der Waals surface area contributed by atoms with Crippen LogP contribution < -0.4 is 20.7 Å². The van der Waals surface area contributed by atoms with Gasteiger partial charge in [0.2, 0.25) is 0 Å². The third kappa shape index (κ3) is 5.82. The molecule has 0 heterocycles. The second-order valence-corrected chi connectivity index (χ2v) is 6.05. The summed E-state index contributed by atoms with van der Waals surface area (Å²) in [5, 5.41) is 16.7. The van der Waals surface area contributed by atoms with E-state index in [4.69, 9.17) is 4.74 Å². The minimum absolute atomic E-state index is 0.0483. The molecule has 1 atom stereocenters. The maximum atomic E-state index is 12.6. The Balaban J connectivity index is 2.05. The smallest absolute Gasteiger partial charge is 0.313 e. The maximum Gasteiger partial charge on any atom is 0.313 e. The van der Waals surface area contributed by atoms with Gasteiger partial charge < -0.3 is 25.8 Å². The molecule has 0 aliphatic carbocycles.